The summed E-state index contributed by atoms with van der Waals surface area (Å²) in [4.78, 5) is 16.5. The van der Waals surface area contributed by atoms with Crippen molar-refractivity contribution in [2.45, 2.75) is 32.7 Å². The smallest absolute Gasteiger partial charge is 0.346 e. The zero-order valence-electron chi connectivity index (χ0n) is 18.1. The van der Waals surface area contributed by atoms with Crippen molar-refractivity contribution < 1.29 is 18.0 Å². The van der Waals surface area contributed by atoms with Crippen molar-refractivity contribution in [2.75, 3.05) is 0 Å². The van der Waals surface area contributed by atoms with Crippen molar-refractivity contribution in [3.63, 3.8) is 0 Å². The largest absolute Gasteiger partial charge is 0.435 e. The fraction of sp³-hybridized carbons (Fsp3) is 0.217. The van der Waals surface area contributed by atoms with Crippen LogP contribution >= 0.6 is 11.6 Å². The lowest BCUT2D eigenvalue weighted by Gasteiger charge is -2.07. The lowest BCUT2D eigenvalue weighted by atomic mass is 10.1. The van der Waals surface area contributed by atoms with Gasteiger partial charge in [0.1, 0.15) is 0 Å². The maximum atomic E-state index is 13.5. The Labute approximate surface area is 198 Å². The Morgan fingerprint density at radius 1 is 1.06 bits per heavy atom. The minimum Gasteiger partial charge on any atom is -0.346 e. The van der Waals surface area contributed by atoms with Crippen molar-refractivity contribution >= 4 is 17.5 Å². The van der Waals surface area contributed by atoms with Gasteiger partial charge in [-0.1, -0.05) is 35.9 Å². The van der Waals surface area contributed by atoms with Gasteiger partial charge in [-0.25, -0.2) is 0 Å². The molecule has 3 aromatic heterocycles. The van der Waals surface area contributed by atoms with Gasteiger partial charge in [-0.15, -0.1) is 0 Å². The summed E-state index contributed by atoms with van der Waals surface area (Å²) in [6, 6.07) is 10.5. The molecule has 0 saturated carbocycles. The molecule has 0 spiro atoms. The van der Waals surface area contributed by atoms with Gasteiger partial charge in [0.2, 0.25) is 0 Å². The normalized spacial score (nSPS) is 11.6. The second kappa shape index (κ2) is 9.68. The van der Waals surface area contributed by atoms with Crippen molar-refractivity contribution in [3.05, 3.63) is 99.8 Å². The number of nitrogens with zero attached hydrogens (tertiary/aromatic N) is 5. The number of amides is 1. The van der Waals surface area contributed by atoms with Gasteiger partial charge in [-0.05, 0) is 35.7 Å². The third-order valence-corrected chi connectivity index (χ3v) is 5.19. The molecule has 4 rings (SSSR count). The van der Waals surface area contributed by atoms with Crippen LogP contribution in [0.5, 0.6) is 0 Å². The van der Waals surface area contributed by atoms with Crippen LogP contribution in [0, 0.1) is 6.92 Å². The van der Waals surface area contributed by atoms with E-state index in [1.807, 2.05) is 37.4 Å². The molecule has 0 unspecified atom stereocenters. The Morgan fingerprint density at radius 3 is 2.32 bits per heavy atom. The first-order valence-corrected chi connectivity index (χ1v) is 10.7. The number of nitrogens with one attached hydrogen (secondary N) is 1. The van der Waals surface area contributed by atoms with Crippen LogP contribution in [0.2, 0.25) is 5.02 Å². The second-order valence-corrected chi connectivity index (χ2v) is 8.20. The molecular formula is C23H20ClF3N6O. The molecule has 0 atom stereocenters. The fourth-order valence-electron chi connectivity index (χ4n) is 3.37. The highest BCUT2D eigenvalue weighted by Gasteiger charge is 2.39. The summed E-state index contributed by atoms with van der Waals surface area (Å²) in [5.74, 6) is -0.898. The Kier molecular flexibility index (Phi) is 6.69. The quantitative estimate of drug-likeness (QED) is 0.416. The number of pyridine rings is 1. The first kappa shape index (κ1) is 23.5. The average Bonchev–Trinajstić information content (AvgIpc) is 3.39. The number of benzene rings is 1. The number of carbonyl (C=O) groups is 1. The van der Waals surface area contributed by atoms with Gasteiger partial charge in [0.05, 0.1) is 37.1 Å². The van der Waals surface area contributed by atoms with E-state index in [4.69, 9.17) is 11.6 Å². The first-order valence-electron chi connectivity index (χ1n) is 10.3. The van der Waals surface area contributed by atoms with E-state index in [0.29, 0.717) is 17.3 Å². The molecule has 1 N–H and O–H groups in total. The third kappa shape index (κ3) is 5.82. The van der Waals surface area contributed by atoms with E-state index in [1.165, 1.54) is 12.3 Å². The van der Waals surface area contributed by atoms with Gasteiger partial charge >= 0.3 is 6.18 Å². The number of halogens is 4. The molecule has 0 bridgehead atoms. The first-order chi connectivity index (χ1) is 16.2. The maximum absolute atomic E-state index is 13.5. The van der Waals surface area contributed by atoms with Crippen molar-refractivity contribution in [1.82, 2.24) is 29.9 Å². The molecule has 0 fully saturated rings. The highest BCUT2D eigenvalue weighted by Crippen LogP contribution is 2.31. The zero-order valence-corrected chi connectivity index (χ0v) is 18.8. The SMILES string of the molecule is Cc1cnn(Cc2ccc(Cn3cc(C(=O)NCc4cc(Cl)ccn4)c(C(F)(F)F)n3)cc2)c1. The Bertz CT molecular complexity index is 1300. The Morgan fingerprint density at radius 2 is 1.74 bits per heavy atom. The highest BCUT2D eigenvalue weighted by atomic mass is 35.5. The Balaban J connectivity index is 1.47. The summed E-state index contributed by atoms with van der Waals surface area (Å²) >= 11 is 5.87. The van der Waals surface area contributed by atoms with Crippen LogP contribution in [0.25, 0.3) is 0 Å². The molecule has 11 heteroatoms. The Hall–Kier alpha value is -3.66. The van der Waals surface area contributed by atoms with E-state index in [9.17, 15) is 18.0 Å². The van der Waals surface area contributed by atoms with Gasteiger partial charge in [-0.2, -0.15) is 23.4 Å². The molecule has 7 nitrogen and oxygen atoms in total. The summed E-state index contributed by atoms with van der Waals surface area (Å²) in [6.45, 7) is 2.54. The summed E-state index contributed by atoms with van der Waals surface area (Å²) in [6.07, 6.45) is 1.46. The lowest BCUT2D eigenvalue weighted by Crippen LogP contribution is -2.25. The van der Waals surface area contributed by atoms with E-state index in [1.54, 1.807) is 16.9 Å². The third-order valence-electron chi connectivity index (χ3n) is 4.96. The maximum Gasteiger partial charge on any atom is 0.435 e. The van der Waals surface area contributed by atoms with Crippen LogP contribution in [-0.4, -0.2) is 30.5 Å². The number of carbonyl (C=O) groups excluding carboxylic acids is 1. The van der Waals surface area contributed by atoms with Crippen molar-refractivity contribution in [3.8, 4) is 0 Å². The van der Waals surface area contributed by atoms with Crippen LogP contribution in [0.4, 0.5) is 13.2 Å². The summed E-state index contributed by atoms with van der Waals surface area (Å²) < 4.78 is 43.5. The molecule has 1 aromatic carbocycles. The van der Waals surface area contributed by atoms with Crippen LogP contribution in [0.15, 0.2) is 61.2 Å². The van der Waals surface area contributed by atoms with Gasteiger partial charge in [-0.3, -0.25) is 19.1 Å². The molecule has 176 valence electrons. The second-order valence-electron chi connectivity index (χ2n) is 7.77. The van der Waals surface area contributed by atoms with Gasteiger partial charge in [0.15, 0.2) is 5.69 Å². The number of hydrogen-bond donors (Lipinski definition) is 1. The standard InChI is InChI=1S/C23H20ClF3N6O/c1-15-9-30-32(11-15)12-16-2-4-17(5-3-16)13-33-14-20(21(31-33)23(25,26)27)22(34)29-10-19-8-18(24)6-7-28-19/h2-9,11,14H,10,12-13H2,1H3,(H,29,34). The summed E-state index contributed by atoms with van der Waals surface area (Å²) in [7, 11) is 0. The van der Waals surface area contributed by atoms with E-state index in [0.717, 1.165) is 27.6 Å². The molecule has 3 heterocycles. The monoisotopic (exact) mass is 488 g/mol. The summed E-state index contributed by atoms with van der Waals surface area (Å²) in [5, 5.41) is 10.7. The van der Waals surface area contributed by atoms with Gasteiger partial charge in [0, 0.05) is 23.6 Å². The lowest BCUT2D eigenvalue weighted by molar-refractivity contribution is -0.141. The van der Waals surface area contributed by atoms with Gasteiger partial charge in [0.25, 0.3) is 5.91 Å². The van der Waals surface area contributed by atoms with E-state index >= 15 is 0 Å². The fourth-order valence-corrected chi connectivity index (χ4v) is 3.55. The highest BCUT2D eigenvalue weighted by molar-refractivity contribution is 6.30. The van der Waals surface area contributed by atoms with Crippen LogP contribution < -0.4 is 5.32 Å². The number of hydrogen-bond acceptors (Lipinski definition) is 4. The molecule has 0 aliphatic carbocycles. The molecule has 0 saturated heterocycles. The van der Waals surface area contributed by atoms with Crippen LogP contribution in [0.3, 0.4) is 0 Å². The van der Waals surface area contributed by atoms with Crippen molar-refractivity contribution in [1.29, 1.82) is 0 Å². The van der Waals surface area contributed by atoms with Crippen molar-refractivity contribution in [2.24, 2.45) is 0 Å². The average molecular weight is 489 g/mol. The number of rotatable bonds is 7. The molecule has 4 aromatic rings. The zero-order chi connectivity index (χ0) is 24.3. The van der Waals surface area contributed by atoms with Crippen LogP contribution in [0.1, 0.15) is 38.4 Å². The van der Waals surface area contributed by atoms with Gasteiger partial charge < -0.3 is 5.32 Å². The molecule has 34 heavy (non-hydrogen) atoms. The van der Waals surface area contributed by atoms with Crippen LogP contribution in [-0.2, 0) is 25.8 Å². The minimum atomic E-state index is -4.78. The minimum absolute atomic E-state index is 0.0703. The molecule has 0 aliphatic rings. The number of aromatic nitrogens is 5. The molecule has 1 amide bonds. The molecule has 0 aliphatic heterocycles. The number of alkyl halides is 3. The van der Waals surface area contributed by atoms with E-state index in [-0.39, 0.29) is 13.1 Å². The number of aryl methyl sites for hydroxylation is 1. The molecular weight excluding hydrogens is 469 g/mol. The predicted octanol–water partition coefficient (Wildman–Crippen LogP) is 4.48. The predicted molar refractivity (Wildman–Crippen MR) is 119 cm³/mol. The van der Waals surface area contributed by atoms with E-state index < -0.39 is 23.3 Å². The summed E-state index contributed by atoms with van der Waals surface area (Å²) in [5.41, 5.74) is 1.42. The van der Waals surface area contributed by atoms with E-state index in [2.05, 4.69) is 20.5 Å². The topological polar surface area (TPSA) is 77.6 Å². The molecule has 0 radical (unpaired) electrons.